The number of hydrogen-bond donors (Lipinski definition) is 0. The molecule has 3 nitrogen and oxygen atoms in total. The summed E-state index contributed by atoms with van der Waals surface area (Å²) in [4.78, 5) is 15.1. The van der Waals surface area contributed by atoms with Crippen molar-refractivity contribution in [3.63, 3.8) is 0 Å². The van der Waals surface area contributed by atoms with Gasteiger partial charge < -0.3 is 4.74 Å². The van der Waals surface area contributed by atoms with E-state index < -0.39 is 0 Å². The summed E-state index contributed by atoms with van der Waals surface area (Å²) in [7, 11) is 0. The fraction of sp³-hybridized carbons (Fsp3) is 0.286. The Bertz CT molecular complexity index is 552. The Kier molecular flexibility index (Phi) is 3.77. The van der Waals surface area contributed by atoms with Gasteiger partial charge in [0.05, 0.1) is 10.7 Å². The average Bonchev–Trinajstić information content (AvgIpc) is 2.73. The van der Waals surface area contributed by atoms with Gasteiger partial charge in [-0.2, -0.15) is 0 Å². The molecule has 0 unspecified atom stereocenters. The number of rotatable bonds is 4. The molecule has 1 aromatic heterocycles. The third-order valence-corrected chi connectivity index (χ3v) is 3.47. The van der Waals surface area contributed by atoms with E-state index in [1.807, 2.05) is 38.3 Å². The summed E-state index contributed by atoms with van der Waals surface area (Å²) >= 11 is 1.62. The van der Waals surface area contributed by atoms with Crippen molar-refractivity contribution >= 4 is 17.6 Å². The second-order valence-electron chi connectivity index (χ2n) is 4.25. The molecule has 94 valence electrons. The minimum absolute atomic E-state index is 0.465. The van der Waals surface area contributed by atoms with E-state index in [1.54, 1.807) is 11.3 Å². The number of carbonyl (C=O) groups is 1. The summed E-state index contributed by atoms with van der Waals surface area (Å²) in [5.41, 5.74) is 3.57. The predicted octanol–water partition coefficient (Wildman–Crippen LogP) is 3.46. The fourth-order valence-corrected chi connectivity index (χ4v) is 2.50. The highest BCUT2D eigenvalue weighted by Crippen LogP contribution is 2.25. The number of carbonyl (C=O) groups excluding carboxylic acids is 1. The summed E-state index contributed by atoms with van der Waals surface area (Å²) < 4.78 is 5.79. The molecular weight excluding hydrogens is 246 g/mol. The molecule has 0 N–H and O–H groups in total. The Morgan fingerprint density at radius 3 is 2.44 bits per heavy atom. The highest BCUT2D eigenvalue weighted by molar-refractivity contribution is 7.09. The van der Waals surface area contributed by atoms with Crippen LogP contribution in [0.3, 0.4) is 0 Å². The van der Waals surface area contributed by atoms with Gasteiger partial charge in [0, 0.05) is 10.9 Å². The maximum atomic E-state index is 10.8. The molecule has 18 heavy (non-hydrogen) atoms. The van der Waals surface area contributed by atoms with E-state index >= 15 is 0 Å². The van der Waals surface area contributed by atoms with Gasteiger partial charge in [-0.15, -0.1) is 11.3 Å². The summed E-state index contributed by atoms with van der Waals surface area (Å²) in [6, 6.07) is 3.67. The molecular formula is C14H15NO2S. The van der Waals surface area contributed by atoms with E-state index in [-0.39, 0.29) is 0 Å². The zero-order valence-corrected chi connectivity index (χ0v) is 11.5. The first-order valence-corrected chi connectivity index (χ1v) is 6.58. The molecule has 0 radical (unpaired) electrons. The third-order valence-electron chi connectivity index (χ3n) is 2.65. The van der Waals surface area contributed by atoms with Gasteiger partial charge in [0.2, 0.25) is 0 Å². The summed E-state index contributed by atoms with van der Waals surface area (Å²) in [6.07, 6.45) is 0.855. The molecule has 1 aromatic carbocycles. The first-order valence-electron chi connectivity index (χ1n) is 5.70. The van der Waals surface area contributed by atoms with Crippen molar-refractivity contribution in [3.8, 4) is 5.75 Å². The monoisotopic (exact) mass is 261 g/mol. The number of aldehydes is 1. The summed E-state index contributed by atoms with van der Waals surface area (Å²) in [5.74, 6) is 0.839. The lowest BCUT2D eigenvalue weighted by molar-refractivity contribution is 0.112. The minimum atomic E-state index is 0.465. The largest absolute Gasteiger partial charge is 0.487 e. The Labute approximate surface area is 110 Å². The van der Waals surface area contributed by atoms with E-state index in [0.717, 1.165) is 33.9 Å². The van der Waals surface area contributed by atoms with Gasteiger partial charge in [0.1, 0.15) is 18.6 Å². The van der Waals surface area contributed by atoms with Gasteiger partial charge in [0.25, 0.3) is 0 Å². The van der Waals surface area contributed by atoms with Gasteiger partial charge in [-0.05, 0) is 44.0 Å². The second kappa shape index (κ2) is 5.31. The molecule has 0 aliphatic carbocycles. The smallest absolute Gasteiger partial charge is 0.150 e. The van der Waals surface area contributed by atoms with E-state index in [0.29, 0.717) is 12.2 Å². The summed E-state index contributed by atoms with van der Waals surface area (Å²) in [6.45, 7) is 6.33. The van der Waals surface area contributed by atoms with Gasteiger partial charge in [-0.25, -0.2) is 4.98 Å². The Hall–Kier alpha value is -1.68. The van der Waals surface area contributed by atoms with Gasteiger partial charge in [0.15, 0.2) is 0 Å². The number of ether oxygens (including phenoxy) is 1. The Balaban J connectivity index is 2.16. The molecule has 0 amide bonds. The number of thiazole rings is 1. The number of benzene rings is 1. The highest BCUT2D eigenvalue weighted by Gasteiger charge is 2.07. The average molecular weight is 261 g/mol. The van der Waals surface area contributed by atoms with Crippen LogP contribution in [0.15, 0.2) is 17.5 Å². The molecule has 2 rings (SSSR count). The second-order valence-corrected chi connectivity index (χ2v) is 5.31. The molecule has 0 saturated heterocycles. The number of aryl methyl sites for hydroxylation is 3. The quantitative estimate of drug-likeness (QED) is 0.791. The van der Waals surface area contributed by atoms with Crippen molar-refractivity contribution in [2.45, 2.75) is 27.4 Å². The van der Waals surface area contributed by atoms with E-state index in [2.05, 4.69) is 4.98 Å². The summed E-state index contributed by atoms with van der Waals surface area (Å²) in [5, 5.41) is 3.04. The van der Waals surface area contributed by atoms with Crippen molar-refractivity contribution in [3.05, 3.63) is 44.9 Å². The van der Waals surface area contributed by atoms with Crippen LogP contribution in [0.4, 0.5) is 0 Å². The SMILES string of the molecule is Cc1nc(COc2c(C)cc(C=O)cc2C)cs1. The Morgan fingerprint density at radius 2 is 1.94 bits per heavy atom. The van der Waals surface area contributed by atoms with Crippen LogP contribution in [0.2, 0.25) is 0 Å². The predicted molar refractivity (Wildman–Crippen MR) is 72.5 cm³/mol. The molecule has 0 atom stereocenters. The van der Waals surface area contributed by atoms with Crippen LogP contribution in [0.5, 0.6) is 5.75 Å². The zero-order valence-electron chi connectivity index (χ0n) is 10.7. The van der Waals surface area contributed by atoms with Crippen LogP contribution in [-0.2, 0) is 6.61 Å². The third kappa shape index (κ3) is 2.76. The molecule has 0 aliphatic heterocycles. The van der Waals surface area contributed by atoms with Gasteiger partial charge >= 0.3 is 0 Å². The van der Waals surface area contributed by atoms with Crippen molar-refractivity contribution < 1.29 is 9.53 Å². The van der Waals surface area contributed by atoms with Gasteiger partial charge in [-0.1, -0.05) is 0 Å². The standard InChI is InChI=1S/C14H15NO2S/c1-9-4-12(6-16)5-10(2)14(9)17-7-13-8-18-11(3)15-13/h4-6,8H,7H2,1-3H3. The van der Waals surface area contributed by atoms with Crippen molar-refractivity contribution in [2.24, 2.45) is 0 Å². The van der Waals surface area contributed by atoms with E-state index in [1.165, 1.54) is 0 Å². The normalized spacial score (nSPS) is 10.4. The Morgan fingerprint density at radius 1 is 1.28 bits per heavy atom. The highest BCUT2D eigenvalue weighted by atomic mass is 32.1. The van der Waals surface area contributed by atoms with Crippen molar-refractivity contribution in [2.75, 3.05) is 0 Å². The molecule has 0 fully saturated rings. The van der Waals surface area contributed by atoms with Crippen LogP contribution >= 0.6 is 11.3 Å². The van der Waals surface area contributed by atoms with E-state index in [9.17, 15) is 4.79 Å². The first kappa shape index (κ1) is 12.8. The lowest BCUT2D eigenvalue weighted by Gasteiger charge is -2.11. The van der Waals surface area contributed by atoms with Crippen molar-refractivity contribution in [1.82, 2.24) is 4.98 Å². The van der Waals surface area contributed by atoms with Crippen LogP contribution in [0.1, 0.15) is 32.2 Å². The number of aromatic nitrogens is 1. The van der Waals surface area contributed by atoms with E-state index in [4.69, 9.17) is 4.74 Å². The zero-order chi connectivity index (χ0) is 13.1. The molecule has 2 aromatic rings. The molecule has 0 bridgehead atoms. The van der Waals surface area contributed by atoms with Crippen molar-refractivity contribution in [1.29, 1.82) is 0 Å². The number of nitrogens with zero attached hydrogens (tertiary/aromatic N) is 1. The molecule has 0 saturated carbocycles. The van der Waals surface area contributed by atoms with Crippen LogP contribution in [-0.4, -0.2) is 11.3 Å². The molecule has 1 heterocycles. The number of hydrogen-bond acceptors (Lipinski definition) is 4. The molecule has 0 aliphatic rings. The lowest BCUT2D eigenvalue weighted by Crippen LogP contribution is -2.00. The maximum Gasteiger partial charge on any atom is 0.150 e. The fourth-order valence-electron chi connectivity index (χ4n) is 1.90. The van der Waals surface area contributed by atoms with Crippen LogP contribution < -0.4 is 4.74 Å². The topological polar surface area (TPSA) is 39.2 Å². The maximum absolute atomic E-state index is 10.8. The van der Waals surface area contributed by atoms with Gasteiger partial charge in [-0.3, -0.25) is 4.79 Å². The molecule has 4 heteroatoms. The minimum Gasteiger partial charge on any atom is -0.487 e. The lowest BCUT2D eigenvalue weighted by atomic mass is 10.1. The van der Waals surface area contributed by atoms with Crippen LogP contribution in [0.25, 0.3) is 0 Å². The van der Waals surface area contributed by atoms with Crippen LogP contribution in [0, 0.1) is 20.8 Å². The first-order chi connectivity index (χ1) is 8.60. The molecule has 0 spiro atoms.